The van der Waals surface area contributed by atoms with Crippen molar-refractivity contribution in [1.29, 1.82) is 0 Å². The van der Waals surface area contributed by atoms with E-state index in [4.69, 9.17) is 10.8 Å². The highest BCUT2D eigenvalue weighted by molar-refractivity contribution is 5.98. The number of fused-ring (bicyclic) bond motifs is 1. The molecule has 90 valence electrons. The van der Waals surface area contributed by atoms with Gasteiger partial charge in [-0.2, -0.15) is 0 Å². The maximum Gasteiger partial charge on any atom is 0.323 e. The molecule has 0 aromatic heterocycles. The number of hydrogen-bond acceptors (Lipinski definition) is 3. The average molecular weight is 234 g/mol. The van der Waals surface area contributed by atoms with Gasteiger partial charge in [-0.1, -0.05) is 0 Å². The van der Waals surface area contributed by atoms with Gasteiger partial charge in [0.2, 0.25) is 5.91 Å². The van der Waals surface area contributed by atoms with Crippen LogP contribution in [-0.2, 0) is 16.0 Å². The number of anilines is 2. The SMILES string of the molecule is Nc1ccc2c(c1)CCCC(=O)N2CC(=O)O. The van der Waals surface area contributed by atoms with E-state index in [9.17, 15) is 9.59 Å². The van der Waals surface area contributed by atoms with Crippen LogP contribution in [0.2, 0.25) is 0 Å². The van der Waals surface area contributed by atoms with Crippen LogP contribution >= 0.6 is 0 Å². The van der Waals surface area contributed by atoms with Gasteiger partial charge in [-0.3, -0.25) is 9.59 Å². The molecule has 1 aromatic carbocycles. The van der Waals surface area contributed by atoms with Crippen molar-refractivity contribution < 1.29 is 14.7 Å². The summed E-state index contributed by atoms with van der Waals surface area (Å²) < 4.78 is 0. The second-order valence-electron chi connectivity index (χ2n) is 4.12. The highest BCUT2D eigenvalue weighted by Gasteiger charge is 2.23. The van der Waals surface area contributed by atoms with Gasteiger partial charge in [0.15, 0.2) is 0 Å². The fraction of sp³-hybridized carbons (Fsp3) is 0.333. The van der Waals surface area contributed by atoms with Crippen LogP contribution in [0.4, 0.5) is 11.4 Å². The zero-order valence-electron chi connectivity index (χ0n) is 9.35. The smallest absolute Gasteiger partial charge is 0.323 e. The number of carbonyl (C=O) groups excluding carboxylic acids is 1. The van der Waals surface area contributed by atoms with Gasteiger partial charge in [0, 0.05) is 17.8 Å². The molecule has 2 rings (SSSR count). The van der Waals surface area contributed by atoms with E-state index in [-0.39, 0.29) is 12.5 Å². The summed E-state index contributed by atoms with van der Waals surface area (Å²) in [5, 5.41) is 8.84. The Morgan fingerprint density at radius 2 is 2.18 bits per heavy atom. The Morgan fingerprint density at radius 1 is 1.41 bits per heavy atom. The van der Waals surface area contributed by atoms with E-state index in [0.717, 1.165) is 18.4 Å². The van der Waals surface area contributed by atoms with Crippen molar-refractivity contribution >= 4 is 23.3 Å². The fourth-order valence-corrected chi connectivity index (χ4v) is 2.08. The molecule has 0 atom stereocenters. The summed E-state index contributed by atoms with van der Waals surface area (Å²) in [6, 6.07) is 5.21. The zero-order valence-corrected chi connectivity index (χ0v) is 9.35. The first-order valence-electron chi connectivity index (χ1n) is 5.48. The van der Waals surface area contributed by atoms with Gasteiger partial charge >= 0.3 is 5.97 Å². The first-order chi connectivity index (χ1) is 8.08. The minimum atomic E-state index is -1.01. The summed E-state index contributed by atoms with van der Waals surface area (Å²) in [7, 11) is 0. The molecule has 0 fully saturated rings. The van der Waals surface area contributed by atoms with Crippen LogP contribution in [0.25, 0.3) is 0 Å². The number of carboxylic acids is 1. The van der Waals surface area contributed by atoms with Crippen LogP contribution in [0.3, 0.4) is 0 Å². The molecule has 0 saturated carbocycles. The molecule has 3 N–H and O–H groups in total. The third-order valence-electron chi connectivity index (χ3n) is 2.83. The van der Waals surface area contributed by atoms with Gasteiger partial charge < -0.3 is 15.7 Å². The van der Waals surface area contributed by atoms with E-state index in [1.54, 1.807) is 12.1 Å². The number of aliphatic carboxylic acids is 1. The number of carbonyl (C=O) groups is 2. The highest BCUT2D eigenvalue weighted by Crippen LogP contribution is 2.28. The molecule has 17 heavy (non-hydrogen) atoms. The minimum absolute atomic E-state index is 0.143. The predicted octanol–water partition coefficient (Wildman–Crippen LogP) is 1.02. The van der Waals surface area contributed by atoms with Crippen molar-refractivity contribution in [3.05, 3.63) is 23.8 Å². The average Bonchev–Trinajstić information content (AvgIpc) is 2.39. The minimum Gasteiger partial charge on any atom is -0.480 e. The Hall–Kier alpha value is -2.04. The molecule has 0 spiro atoms. The topological polar surface area (TPSA) is 83.6 Å². The van der Waals surface area contributed by atoms with Crippen LogP contribution in [0.1, 0.15) is 18.4 Å². The maximum absolute atomic E-state index is 11.8. The summed E-state index contributed by atoms with van der Waals surface area (Å²) in [5.41, 5.74) is 7.94. The number of nitrogens with zero attached hydrogens (tertiary/aromatic N) is 1. The Bertz CT molecular complexity index is 471. The van der Waals surface area contributed by atoms with Crippen molar-refractivity contribution in [3.8, 4) is 0 Å². The summed E-state index contributed by atoms with van der Waals surface area (Å²) in [4.78, 5) is 23.9. The van der Waals surface area contributed by atoms with E-state index in [0.29, 0.717) is 17.8 Å². The van der Waals surface area contributed by atoms with Crippen molar-refractivity contribution in [2.24, 2.45) is 0 Å². The van der Waals surface area contributed by atoms with E-state index < -0.39 is 5.97 Å². The van der Waals surface area contributed by atoms with Crippen molar-refractivity contribution in [2.45, 2.75) is 19.3 Å². The summed E-state index contributed by atoms with van der Waals surface area (Å²) in [6.45, 7) is -0.296. The third-order valence-corrected chi connectivity index (χ3v) is 2.83. The van der Waals surface area contributed by atoms with Gasteiger partial charge in [-0.05, 0) is 36.6 Å². The number of benzene rings is 1. The molecule has 1 aliphatic heterocycles. The number of aryl methyl sites for hydroxylation is 1. The van der Waals surface area contributed by atoms with Crippen LogP contribution in [0, 0.1) is 0 Å². The Balaban J connectivity index is 2.43. The van der Waals surface area contributed by atoms with Crippen molar-refractivity contribution in [2.75, 3.05) is 17.2 Å². The predicted molar refractivity (Wildman–Crippen MR) is 63.8 cm³/mol. The lowest BCUT2D eigenvalue weighted by molar-refractivity contribution is -0.136. The fourth-order valence-electron chi connectivity index (χ4n) is 2.08. The van der Waals surface area contributed by atoms with Crippen LogP contribution in [-0.4, -0.2) is 23.5 Å². The molecule has 0 saturated heterocycles. The molecular formula is C12H14N2O3. The van der Waals surface area contributed by atoms with E-state index in [2.05, 4.69) is 0 Å². The Labute approximate surface area is 98.8 Å². The number of rotatable bonds is 2. The second kappa shape index (κ2) is 4.45. The van der Waals surface area contributed by atoms with Crippen LogP contribution in [0.15, 0.2) is 18.2 Å². The lowest BCUT2D eigenvalue weighted by atomic mass is 10.1. The lowest BCUT2D eigenvalue weighted by Crippen LogP contribution is -2.35. The van der Waals surface area contributed by atoms with E-state index in [1.807, 2.05) is 6.07 Å². The standard InChI is InChI=1S/C12H14N2O3/c13-9-4-5-10-8(6-9)2-1-3-11(15)14(10)7-12(16)17/h4-6H,1-3,7,13H2,(H,16,17). The van der Waals surface area contributed by atoms with Gasteiger partial charge in [-0.15, -0.1) is 0 Å². The van der Waals surface area contributed by atoms with Crippen LogP contribution < -0.4 is 10.6 Å². The molecule has 5 heteroatoms. The van der Waals surface area contributed by atoms with Gasteiger partial charge in [0.25, 0.3) is 0 Å². The maximum atomic E-state index is 11.8. The Morgan fingerprint density at radius 3 is 2.88 bits per heavy atom. The molecule has 0 unspecified atom stereocenters. The lowest BCUT2D eigenvalue weighted by Gasteiger charge is -2.21. The molecule has 0 aliphatic carbocycles. The molecule has 0 bridgehead atoms. The number of carboxylic acid groups (broad SMARTS) is 1. The second-order valence-corrected chi connectivity index (χ2v) is 4.12. The molecule has 0 radical (unpaired) electrons. The summed E-state index contributed by atoms with van der Waals surface area (Å²) in [5.74, 6) is -1.15. The van der Waals surface area contributed by atoms with Gasteiger partial charge in [-0.25, -0.2) is 0 Å². The highest BCUT2D eigenvalue weighted by atomic mass is 16.4. The quantitative estimate of drug-likeness (QED) is 0.748. The number of nitrogen functional groups attached to an aromatic ring is 1. The first-order valence-corrected chi connectivity index (χ1v) is 5.48. The zero-order chi connectivity index (χ0) is 12.4. The molecule has 1 aliphatic rings. The van der Waals surface area contributed by atoms with Crippen LogP contribution in [0.5, 0.6) is 0 Å². The largest absolute Gasteiger partial charge is 0.480 e. The van der Waals surface area contributed by atoms with E-state index >= 15 is 0 Å². The first kappa shape index (κ1) is 11.4. The normalized spacial score (nSPS) is 15.3. The van der Waals surface area contributed by atoms with Crippen molar-refractivity contribution in [1.82, 2.24) is 0 Å². The molecule has 1 aromatic rings. The monoisotopic (exact) mass is 234 g/mol. The number of nitrogens with two attached hydrogens (primary N) is 1. The van der Waals surface area contributed by atoms with Gasteiger partial charge in [0.1, 0.15) is 6.54 Å². The summed E-state index contributed by atoms with van der Waals surface area (Å²) in [6.07, 6.45) is 1.86. The number of hydrogen-bond donors (Lipinski definition) is 2. The molecule has 1 heterocycles. The van der Waals surface area contributed by atoms with Crippen molar-refractivity contribution in [3.63, 3.8) is 0 Å². The third kappa shape index (κ3) is 2.38. The summed E-state index contributed by atoms with van der Waals surface area (Å²) >= 11 is 0. The van der Waals surface area contributed by atoms with E-state index in [1.165, 1.54) is 4.90 Å². The molecular weight excluding hydrogens is 220 g/mol. The molecule has 5 nitrogen and oxygen atoms in total. The Kier molecular flexibility index (Phi) is 2.99. The van der Waals surface area contributed by atoms with Gasteiger partial charge in [0.05, 0.1) is 0 Å². The molecule has 1 amide bonds. The number of amides is 1.